The van der Waals surface area contributed by atoms with Gasteiger partial charge in [-0.2, -0.15) is 5.26 Å². The highest BCUT2D eigenvalue weighted by Gasteiger charge is 2.35. The lowest BCUT2D eigenvalue weighted by molar-refractivity contribution is -0.131. The van der Waals surface area contributed by atoms with Gasteiger partial charge in [-0.3, -0.25) is 24.2 Å². The molecule has 0 aliphatic carbocycles. The van der Waals surface area contributed by atoms with E-state index in [1.54, 1.807) is 51.7 Å². The number of aromatic hydroxyl groups is 1. The van der Waals surface area contributed by atoms with E-state index >= 15 is 14.0 Å². The van der Waals surface area contributed by atoms with Crippen LogP contribution in [0.25, 0.3) is 11.3 Å². The van der Waals surface area contributed by atoms with E-state index in [0.29, 0.717) is 115 Å². The van der Waals surface area contributed by atoms with Crippen molar-refractivity contribution < 1.29 is 33.4 Å². The summed E-state index contributed by atoms with van der Waals surface area (Å²) in [5, 5.41) is 20.2. The van der Waals surface area contributed by atoms with Gasteiger partial charge in [-0.15, -0.1) is 0 Å². The smallest absolute Gasteiger partial charge is 0.264 e. The van der Waals surface area contributed by atoms with Gasteiger partial charge in [-0.1, -0.05) is 44.2 Å². The second-order valence-corrected chi connectivity index (χ2v) is 19.4. The number of hydrogen-bond acceptors (Lipinski definition) is 9. The third kappa shape index (κ3) is 10.5. The molecule has 1 saturated heterocycles. The molecule has 1 fully saturated rings. The Bertz CT molecular complexity index is 3070. The van der Waals surface area contributed by atoms with E-state index in [1.165, 1.54) is 23.8 Å². The molecule has 9 rings (SSSR count). The lowest BCUT2D eigenvalue weighted by Crippen LogP contribution is -2.50. The Hall–Kier alpha value is -7.25. The highest BCUT2D eigenvalue weighted by molar-refractivity contribution is 6.13. The molecule has 0 saturated carbocycles. The van der Waals surface area contributed by atoms with Gasteiger partial charge in [0.05, 0.1) is 30.9 Å². The van der Waals surface area contributed by atoms with Crippen molar-refractivity contribution in [2.24, 2.45) is 14.1 Å². The van der Waals surface area contributed by atoms with Crippen LogP contribution in [0.4, 0.5) is 15.8 Å². The zero-order chi connectivity index (χ0) is 51.5. The molecule has 0 unspecified atom stereocenters. The van der Waals surface area contributed by atoms with Gasteiger partial charge in [0.1, 0.15) is 35.7 Å². The summed E-state index contributed by atoms with van der Waals surface area (Å²) in [5.74, 6) is -0.753. The van der Waals surface area contributed by atoms with E-state index in [4.69, 9.17) is 9.47 Å². The molecule has 1 N–H and O–H groups in total. The number of amides is 3. The van der Waals surface area contributed by atoms with E-state index < -0.39 is 5.82 Å². The first-order chi connectivity index (χ1) is 35.3. The molecule has 73 heavy (non-hydrogen) atoms. The number of rotatable bonds is 15. The van der Waals surface area contributed by atoms with Crippen molar-refractivity contribution in [2.45, 2.75) is 66.1 Å². The lowest BCUT2D eigenvalue weighted by atomic mass is 9.89. The number of carbonyl (C=O) groups excluding carboxylic acids is 3. The minimum absolute atomic E-state index is 0.0471. The third-order valence-electron chi connectivity index (χ3n) is 15.3. The number of anilines is 2. The average molecular weight is 989 g/mol. The minimum atomic E-state index is -0.498. The maximum Gasteiger partial charge on any atom is 0.264 e. The average Bonchev–Trinajstić information content (AvgIpc) is 3.86. The fraction of sp³-hybridized carbons (Fsp3) is 0.379. The number of aromatic nitrogens is 2. The van der Waals surface area contributed by atoms with Crippen molar-refractivity contribution in [3.63, 3.8) is 0 Å². The van der Waals surface area contributed by atoms with E-state index in [1.807, 2.05) is 54.6 Å². The summed E-state index contributed by atoms with van der Waals surface area (Å²) in [6, 6.07) is 29.0. The molecule has 0 spiro atoms. The predicted molar refractivity (Wildman–Crippen MR) is 279 cm³/mol. The summed E-state index contributed by atoms with van der Waals surface area (Å²) < 4.78 is 30.6. The van der Waals surface area contributed by atoms with Gasteiger partial charge >= 0.3 is 0 Å². The van der Waals surface area contributed by atoms with Crippen LogP contribution in [-0.2, 0) is 56.0 Å². The van der Waals surface area contributed by atoms with Crippen LogP contribution >= 0.6 is 0 Å². The Morgan fingerprint density at radius 1 is 0.836 bits per heavy atom. The van der Waals surface area contributed by atoms with Gasteiger partial charge in [0.15, 0.2) is 0 Å². The van der Waals surface area contributed by atoms with Crippen molar-refractivity contribution in [3.8, 4) is 28.8 Å². The van der Waals surface area contributed by atoms with E-state index in [9.17, 15) is 15.2 Å². The Balaban J connectivity index is 1.07. The molecule has 3 aliphatic rings. The van der Waals surface area contributed by atoms with Gasteiger partial charge in [0.2, 0.25) is 5.91 Å². The van der Waals surface area contributed by atoms with Crippen LogP contribution < -0.4 is 9.64 Å². The molecule has 2 aromatic heterocycles. The molecule has 6 aromatic rings. The zero-order valence-corrected chi connectivity index (χ0v) is 42.8. The molecule has 3 aliphatic heterocycles. The number of nitriles is 1. The standard InChI is InChI=1S/C58H65FN8O6/c1-7-63(8-2)37-47-27-40-11-9-10-12-43(40)36-66(47)57(70)52-29-44-35-65(56(69)30-42-13-18-49(32-53(42)59)73-26-23-64-21-24-72-25-22-64)20-19-41(44)28-51(52)55-33-50(38(3)62(55)6)58(71)67(45-14-16-48(68)17-15-45)54-31-46(34-60)61(5)39(54)4/h9-18,28-29,31-33,47,68H,7-8,19-27,30,35-37H2,1-6H3/t47-/m0/s1. The summed E-state index contributed by atoms with van der Waals surface area (Å²) in [5.41, 5.74) is 9.38. The Labute approximate surface area is 427 Å². The summed E-state index contributed by atoms with van der Waals surface area (Å²) in [6.45, 7) is 15.6. The second-order valence-electron chi connectivity index (χ2n) is 19.4. The van der Waals surface area contributed by atoms with E-state index in [0.717, 1.165) is 42.9 Å². The molecule has 5 heterocycles. The Morgan fingerprint density at radius 3 is 2.27 bits per heavy atom. The monoisotopic (exact) mass is 989 g/mol. The van der Waals surface area contributed by atoms with Crippen molar-refractivity contribution in [3.05, 3.63) is 153 Å². The predicted octanol–water partition coefficient (Wildman–Crippen LogP) is 8.09. The van der Waals surface area contributed by atoms with Gasteiger partial charge < -0.3 is 38.4 Å². The number of carbonyl (C=O) groups is 3. The molecule has 4 aromatic carbocycles. The number of halogens is 1. The summed E-state index contributed by atoms with van der Waals surface area (Å²) in [4.78, 5) is 54.9. The molecule has 1 atom stereocenters. The second kappa shape index (κ2) is 21.8. The largest absolute Gasteiger partial charge is 0.508 e. The highest BCUT2D eigenvalue weighted by atomic mass is 19.1. The number of hydrogen-bond donors (Lipinski definition) is 1. The number of likely N-dealkylation sites (N-methyl/N-ethyl adjacent to an activating group) is 1. The molecule has 3 amide bonds. The van der Waals surface area contributed by atoms with Crippen LogP contribution in [0.15, 0.2) is 91.0 Å². The Kier molecular flexibility index (Phi) is 15.2. The summed E-state index contributed by atoms with van der Waals surface area (Å²) in [6.07, 6.45) is 1.07. The van der Waals surface area contributed by atoms with Crippen LogP contribution in [0.2, 0.25) is 0 Å². The quantitative estimate of drug-likeness (QED) is 0.108. The molecular weight excluding hydrogens is 924 g/mol. The van der Waals surface area contributed by atoms with Gasteiger partial charge in [-0.25, -0.2) is 4.39 Å². The van der Waals surface area contributed by atoms with Crippen LogP contribution in [-0.4, -0.2) is 123 Å². The van der Waals surface area contributed by atoms with Crippen LogP contribution in [0.1, 0.15) is 79.5 Å². The normalized spacial score (nSPS) is 15.7. The van der Waals surface area contributed by atoms with Crippen LogP contribution in [0.5, 0.6) is 11.5 Å². The summed E-state index contributed by atoms with van der Waals surface area (Å²) in [7, 11) is 3.68. The van der Waals surface area contributed by atoms with Gasteiger partial charge in [0.25, 0.3) is 11.8 Å². The third-order valence-corrected chi connectivity index (χ3v) is 15.3. The van der Waals surface area contributed by atoms with Crippen molar-refractivity contribution in [1.82, 2.24) is 28.7 Å². The summed E-state index contributed by atoms with van der Waals surface area (Å²) >= 11 is 0. The lowest BCUT2D eigenvalue weighted by Gasteiger charge is -2.40. The van der Waals surface area contributed by atoms with Gasteiger partial charge in [-0.05, 0) is 122 Å². The van der Waals surface area contributed by atoms with Crippen LogP contribution in [0, 0.1) is 31.0 Å². The number of ether oxygens (including phenoxy) is 2. The molecule has 0 radical (unpaired) electrons. The van der Waals surface area contributed by atoms with Crippen molar-refractivity contribution in [1.29, 1.82) is 5.26 Å². The fourth-order valence-corrected chi connectivity index (χ4v) is 10.6. The van der Waals surface area contributed by atoms with Crippen LogP contribution in [0.3, 0.4) is 0 Å². The minimum Gasteiger partial charge on any atom is -0.508 e. The zero-order valence-electron chi connectivity index (χ0n) is 42.8. The first-order valence-electron chi connectivity index (χ1n) is 25.4. The Morgan fingerprint density at radius 2 is 1.58 bits per heavy atom. The number of phenols is 1. The highest BCUT2D eigenvalue weighted by Crippen LogP contribution is 2.39. The first-order valence-corrected chi connectivity index (χ1v) is 25.4. The van der Waals surface area contributed by atoms with Crippen molar-refractivity contribution in [2.75, 3.05) is 70.5 Å². The molecule has 380 valence electrons. The molecular formula is C58H65FN8O6. The fourth-order valence-electron chi connectivity index (χ4n) is 10.6. The molecule has 0 bridgehead atoms. The maximum absolute atomic E-state index is 15.7. The maximum atomic E-state index is 15.7. The van der Waals surface area contributed by atoms with Gasteiger partial charge in [0, 0.05) is 106 Å². The molecule has 15 heteroatoms. The first kappa shape index (κ1) is 50.7. The van der Waals surface area contributed by atoms with E-state index in [2.05, 4.69) is 47.9 Å². The molecule has 14 nitrogen and oxygen atoms in total. The number of benzene rings is 4. The van der Waals surface area contributed by atoms with E-state index in [-0.39, 0.29) is 48.0 Å². The number of fused-ring (bicyclic) bond motifs is 2. The number of nitrogens with zero attached hydrogens (tertiary/aromatic N) is 8. The number of phenolic OH excluding ortho intramolecular Hbond substituents is 1. The number of morpholine rings is 1. The topological polar surface area (TPSA) is 140 Å². The SMILES string of the molecule is CCN(CC)C[C@@H]1Cc2ccccc2CN1C(=O)c1cc2c(cc1-c1cc(C(=O)N(c3ccc(O)cc3)c3cc(C#N)n(C)c3C)c(C)n1C)CCN(C(=O)Cc1ccc(OCCN3CCOCC3)cc1F)C2. The van der Waals surface area contributed by atoms with Crippen molar-refractivity contribution >= 4 is 29.1 Å².